The molecule has 0 radical (unpaired) electrons. The second kappa shape index (κ2) is 5.61. The smallest absolute Gasteiger partial charge is 0.251 e. The van der Waals surface area contributed by atoms with E-state index < -0.39 is 5.60 Å². The lowest BCUT2D eigenvalue weighted by Crippen LogP contribution is -2.42. The van der Waals surface area contributed by atoms with Crippen LogP contribution in [0.25, 0.3) is 0 Å². The van der Waals surface area contributed by atoms with E-state index in [4.69, 9.17) is 0 Å². The normalized spacial score (nSPS) is 13.8. The summed E-state index contributed by atoms with van der Waals surface area (Å²) in [6.45, 7) is 5.09. The van der Waals surface area contributed by atoms with Gasteiger partial charge in [-0.2, -0.15) is 0 Å². The van der Waals surface area contributed by atoms with Gasteiger partial charge in [-0.15, -0.1) is 0 Å². The van der Waals surface area contributed by atoms with Crippen molar-refractivity contribution >= 4 is 11.6 Å². The minimum atomic E-state index is -0.798. The highest BCUT2D eigenvalue weighted by atomic mass is 16.3. The number of hydrogen-bond acceptors (Lipinski definition) is 3. The second-order valence-corrected chi connectivity index (χ2v) is 5.16. The lowest BCUT2D eigenvalue weighted by Gasteiger charge is -2.25. The van der Waals surface area contributed by atoms with E-state index in [0.717, 1.165) is 18.7 Å². The molecule has 0 unspecified atom stereocenters. The van der Waals surface area contributed by atoms with E-state index in [1.807, 2.05) is 32.0 Å². The van der Waals surface area contributed by atoms with Crippen molar-refractivity contribution in [3.63, 3.8) is 0 Å². The highest BCUT2D eigenvalue weighted by molar-refractivity contribution is 5.95. The van der Waals surface area contributed by atoms with E-state index in [0.29, 0.717) is 24.9 Å². The van der Waals surface area contributed by atoms with Crippen molar-refractivity contribution in [2.24, 2.45) is 0 Å². The Morgan fingerprint density at radius 3 is 2.84 bits per heavy atom. The van der Waals surface area contributed by atoms with Crippen LogP contribution in [0, 0.1) is 0 Å². The van der Waals surface area contributed by atoms with Gasteiger partial charge in [0.2, 0.25) is 0 Å². The number of hydrogen-bond donors (Lipinski definition) is 3. The Hall–Kier alpha value is -1.55. The Morgan fingerprint density at radius 1 is 1.42 bits per heavy atom. The number of nitrogens with one attached hydrogen (secondary N) is 2. The molecule has 104 valence electrons. The predicted octanol–water partition coefficient (Wildman–Crippen LogP) is 1.94. The van der Waals surface area contributed by atoms with Crippen molar-refractivity contribution in [1.82, 2.24) is 5.32 Å². The van der Waals surface area contributed by atoms with Crippen LogP contribution in [-0.2, 0) is 6.42 Å². The molecular formula is C15H22N2O2. The van der Waals surface area contributed by atoms with E-state index in [2.05, 4.69) is 10.6 Å². The van der Waals surface area contributed by atoms with Gasteiger partial charge in [-0.05, 0) is 43.0 Å². The van der Waals surface area contributed by atoms with Crippen molar-refractivity contribution in [2.75, 3.05) is 18.4 Å². The van der Waals surface area contributed by atoms with Crippen LogP contribution in [0.5, 0.6) is 0 Å². The molecule has 0 aliphatic carbocycles. The van der Waals surface area contributed by atoms with Crippen molar-refractivity contribution in [2.45, 2.75) is 38.7 Å². The first kappa shape index (κ1) is 13.9. The van der Waals surface area contributed by atoms with Crippen LogP contribution in [0.15, 0.2) is 18.2 Å². The van der Waals surface area contributed by atoms with Crippen molar-refractivity contribution < 1.29 is 9.90 Å². The van der Waals surface area contributed by atoms with Gasteiger partial charge in [0.15, 0.2) is 0 Å². The molecule has 3 N–H and O–H groups in total. The zero-order valence-electron chi connectivity index (χ0n) is 11.6. The Bertz CT molecular complexity index is 467. The molecule has 0 aromatic heterocycles. The molecule has 4 nitrogen and oxygen atoms in total. The summed E-state index contributed by atoms with van der Waals surface area (Å²) in [6.07, 6.45) is 2.24. The van der Waals surface area contributed by atoms with E-state index in [9.17, 15) is 9.90 Å². The first-order valence-corrected chi connectivity index (χ1v) is 6.95. The zero-order chi connectivity index (χ0) is 13.9. The minimum Gasteiger partial charge on any atom is -0.388 e. The molecule has 1 aromatic rings. The molecule has 2 rings (SSSR count). The standard InChI is InChI=1S/C15H22N2O2/c1-3-15(19,4-2)10-17-14(18)12-5-6-13-11(9-12)7-8-16-13/h5-6,9,16,19H,3-4,7-8,10H2,1-2H3,(H,17,18). The van der Waals surface area contributed by atoms with Crippen molar-refractivity contribution in [1.29, 1.82) is 0 Å². The third kappa shape index (κ3) is 3.07. The van der Waals surface area contributed by atoms with Crippen LogP contribution in [0.1, 0.15) is 42.6 Å². The summed E-state index contributed by atoms with van der Waals surface area (Å²) in [5, 5.41) is 16.2. The summed E-state index contributed by atoms with van der Waals surface area (Å²) < 4.78 is 0. The Kier molecular flexibility index (Phi) is 4.10. The lowest BCUT2D eigenvalue weighted by atomic mass is 9.97. The number of rotatable bonds is 5. The molecule has 4 heteroatoms. The molecule has 0 bridgehead atoms. The van der Waals surface area contributed by atoms with Crippen molar-refractivity contribution in [3.8, 4) is 0 Å². The first-order chi connectivity index (χ1) is 9.08. The topological polar surface area (TPSA) is 61.4 Å². The van der Waals surface area contributed by atoms with Crippen LogP contribution in [0.4, 0.5) is 5.69 Å². The van der Waals surface area contributed by atoms with Gasteiger partial charge in [0, 0.05) is 24.3 Å². The quantitative estimate of drug-likeness (QED) is 0.760. The van der Waals surface area contributed by atoms with Crippen molar-refractivity contribution in [3.05, 3.63) is 29.3 Å². The third-order valence-electron chi connectivity index (χ3n) is 3.97. The fourth-order valence-electron chi connectivity index (χ4n) is 2.29. The maximum atomic E-state index is 12.1. The Morgan fingerprint density at radius 2 is 2.16 bits per heavy atom. The molecule has 0 saturated heterocycles. The van der Waals surface area contributed by atoms with Gasteiger partial charge < -0.3 is 15.7 Å². The SMILES string of the molecule is CCC(O)(CC)CNC(=O)c1ccc2c(c1)CCN2. The molecule has 1 aliphatic heterocycles. The van der Waals surface area contributed by atoms with Gasteiger partial charge in [-0.25, -0.2) is 0 Å². The van der Waals surface area contributed by atoms with Gasteiger partial charge in [0.05, 0.1) is 5.60 Å². The van der Waals surface area contributed by atoms with Crippen LogP contribution in [-0.4, -0.2) is 29.7 Å². The minimum absolute atomic E-state index is 0.116. The Balaban J connectivity index is 2.00. The molecule has 1 aromatic carbocycles. The fraction of sp³-hybridized carbons (Fsp3) is 0.533. The maximum Gasteiger partial charge on any atom is 0.251 e. The summed E-state index contributed by atoms with van der Waals surface area (Å²) in [4.78, 5) is 12.1. The summed E-state index contributed by atoms with van der Waals surface area (Å²) >= 11 is 0. The van der Waals surface area contributed by atoms with Crippen LogP contribution < -0.4 is 10.6 Å². The average Bonchev–Trinajstić information content (AvgIpc) is 2.91. The second-order valence-electron chi connectivity index (χ2n) is 5.16. The number of benzene rings is 1. The summed E-state index contributed by atoms with van der Waals surface area (Å²) in [6, 6.07) is 5.70. The van der Waals surface area contributed by atoms with Gasteiger partial charge >= 0.3 is 0 Å². The van der Waals surface area contributed by atoms with E-state index in [1.54, 1.807) is 0 Å². The van der Waals surface area contributed by atoms with Gasteiger partial charge in [-0.1, -0.05) is 13.8 Å². The Labute approximate surface area is 114 Å². The largest absolute Gasteiger partial charge is 0.388 e. The fourth-order valence-corrected chi connectivity index (χ4v) is 2.29. The summed E-state index contributed by atoms with van der Waals surface area (Å²) in [7, 11) is 0. The number of carbonyl (C=O) groups is 1. The predicted molar refractivity (Wildman–Crippen MR) is 76.5 cm³/mol. The van der Waals surface area contributed by atoms with E-state index in [1.165, 1.54) is 5.56 Å². The molecule has 0 fully saturated rings. The highest BCUT2D eigenvalue weighted by Gasteiger charge is 2.23. The molecule has 0 saturated carbocycles. The molecule has 1 amide bonds. The summed E-state index contributed by atoms with van der Waals surface area (Å²) in [5.41, 5.74) is 2.18. The van der Waals surface area contributed by atoms with Crippen LogP contribution in [0.2, 0.25) is 0 Å². The molecule has 1 heterocycles. The number of aliphatic hydroxyl groups is 1. The third-order valence-corrected chi connectivity index (χ3v) is 3.97. The highest BCUT2D eigenvalue weighted by Crippen LogP contribution is 2.23. The number of carbonyl (C=O) groups excluding carboxylic acids is 1. The summed E-state index contributed by atoms with van der Waals surface area (Å²) in [5.74, 6) is -0.116. The molecule has 1 aliphatic rings. The van der Waals surface area contributed by atoms with Crippen LogP contribution >= 0.6 is 0 Å². The first-order valence-electron chi connectivity index (χ1n) is 6.95. The van der Waals surface area contributed by atoms with Crippen LogP contribution in [0.3, 0.4) is 0 Å². The van der Waals surface area contributed by atoms with E-state index >= 15 is 0 Å². The molecule has 0 spiro atoms. The maximum absolute atomic E-state index is 12.1. The lowest BCUT2D eigenvalue weighted by molar-refractivity contribution is 0.0314. The number of amides is 1. The number of anilines is 1. The molecule has 19 heavy (non-hydrogen) atoms. The van der Waals surface area contributed by atoms with Gasteiger partial charge in [0.25, 0.3) is 5.91 Å². The molecular weight excluding hydrogens is 240 g/mol. The average molecular weight is 262 g/mol. The monoisotopic (exact) mass is 262 g/mol. The van der Waals surface area contributed by atoms with Gasteiger partial charge in [-0.3, -0.25) is 4.79 Å². The molecule has 0 atom stereocenters. The van der Waals surface area contributed by atoms with Gasteiger partial charge in [0.1, 0.15) is 0 Å². The number of fused-ring (bicyclic) bond motifs is 1. The van der Waals surface area contributed by atoms with E-state index in [-0.39, 0.29) is 5.91 Å². The zero-order valence-corrected chi connectivity index (χ0v) is 11.6.